The van der Waals surface area contributed by atoms with Crippen LogP contribution in [0.5, 0.6) is 0 Å². The highest BCUT2D eigenvalue weighted by Crippen LogP contribution is 2.25. The molecule has 0 atom stereocenters. The summed E-state index contributed by atoms with van der Waals surface area (Å²) in [6, 6.07) is 10.3. The quantitative estimate of drug-likeness (QED) is 0.391. The SMILES string of the molecule is C#Cc1ccc(F)cc1C(=N)N=C(C)c1ccc(N2CCCCC2)c(C)c1.CC. The minimum absolute atomic E-state index is 0.0299. The number of rotatable bonds is 3. The number of piperidine rings is 1. The Kier molecular flexibility index (Phi) is 8.15. The van der Waals surface area contributed by atoms with E-state index in [1.807, 2.05) is 26.8 Å². The molecule has 0 bridgehead atoms. The molecule has 1 saturated heterocycles. The number of amidine groups is 1. The van der Waals surface area contributed by atoms with Gasteiger partial charge in [-0.25, -0.2) is 9.38 Å². The van der Waals surface area contributed by atoms with E-state index in [-0.39, 0.29) is 5.84 Å². The summed E-state index contributed by atoms with van der Waals surface area (Å²) >= 11 is 0. The van der Waals surface area contributed by atoms with Gasteiger partial charge >= 0.3 is 0 Å². The second kappa shape index (κ2) is 10.6. The lowest BCUT2D eigenvalue weighted by Crippen LogP contribution is -2.30. The van der Waals surface area contributed by atoms with Gasteiger partial charge in [-0.3, -0.25) is 5.41 Å². The van der Waals surface area contributed by atoms with Crippen LogP contribution in [0.1, 0.15) is 62.3 Å². The molecule has 0 aliphatic carbocycles. The van der Waals surface area contributed by atoms with Gasteiger partial charge < -0.3 is 4.90 Å². The van der Waals surface area contributed by atoms with Crippen molar-refractivity contribution in [3.63, 3.8) is 0 Å². The van der Waals surface area contributed by atoms with E-state index in [0.29, 0.717) is 16.8 Å². The molecule has 152 valence electrons. The van der Waals surface area contributed by atoms with Crippen molar-refractivity contribution in [2.45, 2.75) is 47.0 Å². The Bertz CT molecular complexity index is 932. The van der Waals surface area contributed by atoms with Crippen molar-refractivity contribution in [3.8, 4) is 12.3 Å². The highest BCUT2D eigenvalue weighted by molar-refractivity contribution is 6.11. The lowest BCUT2D eigenvalue weighted by Gasteiger charge is -2.30. The van der Waals surface area contributed by atoms with Gasteiger partial charge in [-0.2, -0.15) is 0 Å². The van der Waals surface area contributed by atoms with Crippen LogP contribution in [0, 0.1) is 30.5 Å². The first-order valence-corrected chi connectivity index (χ1v) is 10.3. The average Bonchev–Trinajstić information content (AvgIpc) is 2.75. The van der Waals surface area contributed by atoms with Gasteiger partial charge in [0, 0.05) is 35.6 Å². The molecule has 0 spiro atoms. The van der Waals surface area contributed by atoms with Crippen molar-refractivity contribution in [2.24, 2.45) is 4.99 Å². The topological polar surface area (TPSA) is 39.5 Å². The molecule has 29 heavy (non-hydrogen) atoms. The van der Waals surface area contributed by atoms with Crippen LogP contribution in [0.25, 0.3) is 0 Å². The minimum Gasteiger partial charge on any atom is -0.371 e. The third-order valence-corrected chi connectivity index (χ3v) is 4.98. The fraction of sp³-hybridized carbons (Fsp3) is 0.360. The molecule has 1 N–H and O–H groups in total. The predicted octanol–water partition coefficient (Wildman–Crippen LogP) is 5.97. The second-order valence-electron chi connectivity index (χ2n) is 6.93. The van der Waals surface area contributed by atoms with Crippen LogP contribution >= 0.6 is 0 Å². The Labute approximate surface area is 174 Å². The first kappa shape index (κ1) is 22.4. The van der Waals surface area contributed by atoms with Crippen molar-refractivity contribution in [1.29, 1.82) is 5.41 Å². The Morgan fingerprint density at radius 1 is 1.10 bits per heavy atom. The summed E-state index contributed by atoms with van der Waals surface area (Å²) in [5, 5.41) is 8.25. The number of aliphatic imine (C=N–C) groups is 1. The first-order chi connectivity index (χ1) is 14.0. The number of aryl methyl sites for hydroxylation is 1. The third kappa shape index (κ3) is 5.54. The predicted molar refractivity (Wildman–Crippen MR) is 122 cm³/mol. The van der Waals surface area contributed by atoms with Crippen LogP contribution in [0.15, 0.2) is 41.4 Å². The molecular weight excluding hydrogens is 361 g/mol. The number of anilines is 1. The maximum Gasteiger partial charge on any atom is 0.153 e. The van der Waals surface area contributed by atoms with E-state index in [0.717, 1.165) is 18.7 Å². The van der Waals surface area contributed by atoms with Crippen LogP contribution in [-0.4, -0.2) is 24.6 Å². The zero-order chi connectivity index (χ0) is 21.4. The number of benzene rings is 2. The molecule has 0 radical (unpaired) electrons. The van der Waals surface area contributed by atoms with Crippen LogP contribution in [-0.2, 0) is 0 Å². The number of terminal acetylenes is 1. The molecule has 3 nitrogen and oxygen atoms in total. The second-order valence-corrected chi connectivity index (χ2v) is 6.93. The normalized spacial score (nSPS) is 13.9. The molecule has 2 aromatic rings. The van der Waals surface area contributed by atoms with Crippen LogP contribution in [0.4, 0.5) is 10.1 Å². The molecule has 0 amide bonds. The number of halogens is 1. The standard InChI is InChI=1S/C23H24FN3.C2H6/c1-4-18-8-10-20(24)15-21(18)23(25)26-17(3)19-9-11-22(16(2)14-19)27-12-6-5-7-13-27;1-2/h1,8-11,14-15,25H,5-7,12-13H2,2-3H3;1-2H3. The number of nitrogens with zero attached hydrogens (tertiary/aromatic N) is 2. The minimum atomic E-state index is -0.427. The zero-order valence-electron chi connectivity index (χ0n) is 17.8. The fourth-order valence-electron chi connectivity index (χ4n) is 3.50. The molecule has 1 fully saturated rings. The molecule has 0 aromatic heterocycles. The van der Waals surface area contributed by atoms with Crippen molar-refractivity contribution in [2.75, 3.05) is 18.0 Å². The molecule has 1 aliphatic rings. The average molecular weight is 392 g/mol. The Hall–Kier alpha value is -2.93. The van der Waals surface area contributed by atoms with Crippen LogP contribution < -0.4 is 4.90 Å². The Balaban J connectivity index is 0.00000145. The smallest absolute Gasteiger partial charge is 0.153 e. The third-order valence-electron chi connectivity index (χ3n) is 4.98. The number of hydrogen-bond acceptors (Lipinski definition) is 2. The van der Waals surface area contributed by atoms with E-state index >= 15 is 0 Å². The Morgan fingerprint density at radius 2 is 1.79 bits per heavy atom. The lowest BCUT2D eigenvalue weighted by atomic mass is 10.0. The van der Waals surface area contributed by atoms with Gasteiger partial charge in [0.05, 0.1) is 0 Å². The van der Waals surface area contributed by atoms with E-state index in [4.69, 9.17) is 11.8 Å². The highest BCUT2D eigenvalue weighted by Gasteiger charge is 2.14. The van der Waals surface area contributed by atoms with Crippen LogP contribution in [0.3, 0.4) is 0 Å². The number of hydrogen-bond donors (Lipinski definition) is 1. The monoisotopic (exact) mass is 391 g/mol. The number of nitrogens with one attached hydrogen (secondary N) is 1. The summed E-state index contributed by atoms with van der Waals surface area (Å²) in [6.45, 7) is 10.2. The van der Waals surface area contributed by atoms with E-state index < -0.39 is 5.82 Å². The van der Waals surface area contributed by atoms with Gasteiger partial charge in [0.2, 0.25) is 0 Å². The maximum atomic E-state index is 13.6. The van der Waals surface area contributed by atoms with Gasteiger partial charge in [-0.05, 0) is 74.6 Å². The summed E-state index contributed by atoms with van der Waals surface area (Å²) in [5.41, 5.74) is 4.93. The van der Waals surface area contributed by atoms with Crippen molar-refractivity contribution < 1.29 is 4.39 Å². The maximum absolute atomic E-state index is 13.6. The molecule has 2 aromatic carbocycles. The van der Waals surface area contributed by atoms with Gasteiger partial charge in [0.1, 0.15) is 5.82 Å². The summed E-state index contributed by atoms with van der Waals surface area (Å²) in [6.07, 6.45) is 9.25. The molecule has 1 aliphatic heterocycles. The van der Waals surface area contributed by atoms with E-state index in [9.17, 15) is 4.39 Å². The van der Waals surface area contributed by atoms with E-state index in [2.05, 4.69) is 34.9 Å². The van der Waals surface area contributed by atoms with E-state index in [1.54, 1.807) is 0 Å². The van der Waals surface area contributed by atoms with Gasteiger partial charge in [-0.15, -0.1) is 6.42 Å². The lowest BCUT2D eigenvalue weighted by molar-refractivity contribution is 0.577. The molecule has 3 rings (SSSR count). The molecule has 1 heterocycles. The van der Waals surface area contributed by atoms with E-state index in [1.165, 1.54) is 48.7 Å². The Morgan fingerprint density at radius 3 is 2.41 bits per heavy atom. The van der Waals surface area contributed by atoms with Crippen molar-refractivity contribution in [1.82, 2.24) is 0 Å². The van der Waals surface area contributed by atoms with Gasteiger partial charge in [0.25, 0.3) is 0 Å². The summed E-state index contributed by atoms with van der Waals surface area (Å²) in [4.78, 5) is 6.81. The summed E-state index contributed by atoms with van der Waals surface area (Å²) < 4.78 is 13.6. The molecule has 4 heteroatoms. The van der Waals surface area contributed by atoms with Crippen LogP contribution in [0.2, 0.25) is 0 Å². The van der Waals surface area contributed by atoms with Crippen molar-refractivity contribution >= 4 is 17.2 Å². The summed E-state index contributed by atoms with van der Waals surface area (Å²) in [7, 11) is 0. The van der Waals surface area contributed by atoms with Gasteiger partial charge in [-0.1, -0.05) is 25.8 Å². The zero-order valence-corrected chi connectivity index (χ0v) is 17.8. The summed E-state index contributed by atoms with van der Waals surface area (Å²) in [5.74, 6) is 2.03. The first-order valence-electron chi connectivity index (χ1n) is 10.3. The molecular formula is C25H30FN3. The largest absolute Gasteiger partial charge is 0.371 e. The van der Waals surface area contributed by atoms with Crippen molar-refractivity contribution in [3.05, 3.63) is 64.5 Å². The molecule has 0 unspecified atom stereocenters. The highest BCUT2D eigenvalue weighted by atomic mass is 19.1. The fourth-order valence-corrected chi connectivity index (χ4v) is 3.50. The molecule has 0 saturated carbocycles. The van der Waals surface area contributed by atoms with Gasteiger partial charge in [0.15, 0.2) is 5.84 Å².